The van der Waals surface area contributed by atoms with Crippen molar-refractivity contribution in [3.8, 4) is 5.88 Å². The van der Waals surface area contributed by atoms with Crippen molar-refractivity contribution in [3.63, 3.8) is 0 Å². The van der Waals surface area contributed by atoms with E-state index >= 15 is 0 Å². The molecule has 0 atom stereocenters. The van der Waals surface area contributed by atoms with Crippen LogP contribution in [-0.2, 0) is 4.79 Å². The van der Waals surface area contributed by atoms with Gasteiger partial charge in [-0.05, 0) is 57.3 Å². The van der Waals surface area contributed by atoms with Crippen LogP contribution in [0.25, 0.3) is 0 Å². The summed E-state index contributed by atoms with van der Waals surface area (Å²) >= 11 is 0. The number of rotatable bonds is 7. The normalized spacial score (nSPS) is 29.1. The molecule has 2 aliphatic carbocycles. The van der Waals surface area contributed by atoms with Gasteiger partial charge in [-0.25, -0.2) is 4.98 Å². The third kappa shape index (κ3) is 5.68. The van der Waals surface area contributed by atoms with E-state index in [0.29, 0.717) is 11.9 Å². The van der Waals surface area contributed by atoms with Crippen LogP contribution in [0.4, 0.5) is 0 Å². The van der Waals surface area contributed by atoms with Crippen molar-refractivity contribution in [2.45, 2.75) is 89.7 Å². The zero-order valence-electron chi connectivity index (χ0n) is 16.0. The van der Waals surface area contributed by atoms with E-state index in [1.165, 1.54) is 32.1 Å². The molecule has 5 heteroatoms. The Hall–Kier alpha value is -1.65. The molecule has 1 aromatic rings. The molecule has 3 rings (SSSR count). The Balaban J connectivity index is 1.35. The molecule has 2 fully saturated rings. The Kier molecular flexibility index (Phi) is 7.27. The average Bonchev–Trinajstić information content (AvgIpc) is 2.69. The van der Waals surface area contributed by atoms with E-state index in [2.05, 4.69) is 22.2 Å². The van der Waals surface area contributed by atoms with E-state index in [4.69, 9.17) is 4.74 Å². The maximum absolute atomic E-state index is 12.6. The lowest BCUT2D eigenvalue weighted by atomic mass is 9.79. The molecule has 0 unspecified atom stereocenters. The highest BCUT2D eigenvalue weighted by atomic mass is 16.5. The number of carbonyl (C=O) groups excluding carboxylic acids is 1. The second-order valence-corrected chi connectivity index (χ2v) is 8.00. The summed E-state index contributed by atoms with van der Waals surface area (Å²) in [6.45, 7) is 2.26. The van der Waals surface area contributed by atoms with Crippen molar-refractivity contribution in [1.29, 1.82) is 0 Å². The summed E-state index contributed by atoms with van der Waals surface area (Å²) in [6.07, 6.45) is 17.6. The van der Waals surface area contributed by atoms with Gasteiger partial charge in [-0.1, -0.05) is 26.2 Å². The van der Waals surface area contributed by atoms with Crippen LogP contribution in [0, 0.1) is 11.8 Å². The van der Waals surface area contributed by atoms with E-state index in [1.807, 2.05) is 0 Å². The van der Waals surface area contributed by atoms with Gasteiger partial charge in [0.2, 0.25) is 11.8 Å². The van der Waals surface area contributed by atoms with Gasteiger partial charge in [-0.15, -0.1) is 0 Å². The number of amides is 1. The van der Waals surface area contributed by atoms with Crippen LogP contribution in [0.1, 0.15) is 77.6 Å². The first kappa shape index (κ1) is 19.1. The third-order valence-corrected chi connectivity index (χ3v) is 6.03. The lowest BCUT2D eigenvalue weighted by Gasteiger charge is -2.32. The molecule has 0 saturated heterocycles. The largest absolute Gasteiger partial charge is 0.473 e. The van der Waals surface area contributed by atoms with Crippen LogP contribution < -0.4 is 10.1 Å². The second kappa shape index (κ2) is 9.89. The van der Waals surface area contributed by atoms with Gasteiger partial charge in [-0.3, -0.25) is 9.78 Å². The van der Waals surface area contributed by atoms with Crippen molar-refractivity contribution in [2.24, 2.45) is 11.8 Å². The summed E-state index contributed by atoms with van der Waals surface area (Å²) in [4.78, 5) is 20.8. The molecule has 2 saturated carbocycles. The van der Waals surface area contributed by atoms with Gasteiger partial charge >= 0.3 is 0 Å². The topological polar surface area (TPSA) is 64.1 Å². The predicted octanol–water partition coefficient (Wildman–Crippen LogP) is 4.28. The average molecular weight is 360 g/mol. The molecule has 144 valence electrons. The summed E-state index contributed by atoms with van der Waals surface area (Å²) < 4.78 is 5.88. The molecule has 0 radical (unpaired) electrons. The molecule has 0 aromatic carbocycles. The van der Waals surface area contributed by atoms with Crippen molar-refractivity contribution >= 4 is 5.91 Å². The van der Waals surface area contributed by atoms with E-state index < -0.39 is 0 Å². The zero-order chi connectivity index (χ0) is 18.2. The van der Waals surface area contributed by atoms with E-state index in [9.17, 15) is 4.79 Å². The maximum atomic E-state index is 12.6. The highest BCUT2D eigenvalue weighted by Crippen LogP contribution is 2.32. The Morgan fingerprint density at radius 1 is 1.12 bits per heavy atom. The molecule has 0 spiro atoms. The second-order valence-electron chi connectivity index (χ2n) is 8.00. The van der Waals surface area contributed by atoms with Crippen molar-refractivity contribution < 1.29 is 9.53 Å². The Labute approximate surface area is 157 Å². The first-order chi connectivity index (χ1) is 12.7. The smallest absolute Gasteiger partial charge is 0.232 e. The third-order valence-electron chi connectivity index (χ3n) is 6.03. The minimum atomic E-state index is 0.189. The van der Waals surface area contributed by atoms with Crippen LogP contribution in [0.3, 0.4) is 0 Å². The van der Waals surface area contributed by atoms with Crippen LogP contribution in [-0.4, -0.2) is 28.0 Å². The summed E-state index contributed by atoms with van der Waals surface area (Å²) in [5.74, 6) is 1.98. The standard InChI is InChI=1S/C21H33N3O2/c1-2-3-4-16-5-7-17(8-6-16)21(25)24-18-9-11-19(12-10-18)26-20-15-22-13-14-23-20/h13-19H,2-12H2,1H3,(H,24,25). The number of hydrogen-bond acceptors (Lipinski definition) is 4. The van der Waals surface area contributed by atoms with Crippen LogP contribution >= 0.6 is 0 Å². The van der Waals surface area contributed by atoms with Gasteiger partial charge in [-0.2, -0.15) is 0 Å². The molecule has 26 heavy (non-hydrogen) atoms. The molecule has 1 N–H and O–H groups in total. The molecule has 5 nitrogen and oxygen atoms in total. The predicted molar refractivity (Wildman–Crippen MR) is 102 cm³/mol. The molecule has 0 bridgehead atoms. The lowest BCUT2D eigenvalue weighted by Crippen LogP contribution is -2.43. The van der Waals surface area contributed by atoms with Crippen molar-refractivity contribution in [2.75, 3.05) is 0 Å². The monoisotopic (exact) mass is 359 g/mol. The van der Waals surface area contributed by atoms with Crippen molar-refractivity contribution in [3.05, 3.63) is 18.6 Å². The first-order valence-electron chi connectivity index (χ1n) is 10.5. The van der Waals surface area contributed by atoms with Gasteiger partial charge < -0.3 is 10.1 Å². The lowest BCUT2D eigenvalue weighted by molar-refractivity contribution is -0.127. The fourth-order valence-electron chi connectivity index (χ4n) is 4.37. The first-order valence-corrected chi connectivity index (χ1v) is 10.5. The number of hydrogen-bond donors (Lipinski definition) is 1. The summed E-state index contributed by atoms with van der Waals surface area (Å²) in [6, 6.07) is 0.307. The van der Waals surface area contributed by atoms with Gasteiger partial charge in [0.1, 0.15) is 6.10 Å². The van der Waals surface area contributed by atoms with E-state index in [1.54, 1.807) is 18.6 Å². The number of carbonyl (C=O) groups is 1. The molecule has 0 aliphatic heterocycles. The SMILES string of the molecule is CCCCC1CCC(C(=O)NC2CCC(Oc3cnccn3)CC2)CC1. The fourth-order valence-corrected chi connectivity index (χ4v) is 4.37. The number of nitrogens with one attached hydrogen (secondary N) is 1. The Morgan fingerprint density at radius 3 is 2.54 bits per heavy atom. The summed E-state index contributed by atoms with van der Waals surface area (Å²) in [5, 5.41) is 3.31. The zero-order valence-corrected chi connectivity index (χ0v) is 16.0. The number of ether oxygens (including phenoxy) is 1. The van der Waals surface area contributed by atoms with E-state index in [0.717, 1.165) is 44.4 Å². The van der Waals surface area contributed by atoms with Gasteiger partial charge in [0, 0.05) is 24.4 Å². The number of unbranched alkanes of at least 4 members (excludes halogenated alkanes) is 1. The molecule has 1 amide bonds. The Bertz CT molecular complexity index is 535. The number of nitrogens with zero attached hydrogens (tertiary/aromatic N) is 2. The highest BCUT2D eigenvalue weighted by Gasteiger charge is 2.29. The molecule has 1 heterocycles. The molecule has 1 aromatic heterocycles. The van der Waals surface area contributed by atoms with Crippen LogP contribution in [0.15, 0.2) is 18.6 Å². The van der Waals surface area contributed by atoms with Gasteiger partial charge in [0.05, 0.1) is 6.20 Å². The van der Waals surface area contributed by atoms with E-state index in [-0.39, 0.29) is 17.9 Å². The molecular formula is C21H33N3O2. The maximum Gasteiger partial charge on any atom is 0.232 e. The highest BCUT2D eigenvalue weighted by molar-refractivity contribution is 5.79. The Morgan fingerprint density at radius 2 is 1.88 bits per heavy atom. The molecule has 2 aliphatic rings. The summed E-state index contributed by atoms with van der Waals surface area (Å²) in [7, 11) is 0. The van der Waals surface area contributed by atoms with Crippen LogP contribution in [0.5, 0.6) is 5.88 Å². The van der Waals surface area contributed by atoms with Gasteiger partial charge in [0.15, 0.2) is 0 Å². The summed E-state index contributed by atoms with van der Waals surface area (Å²) in [5.41, 5.74) is 0. The minimum Gasteiger partial charge on any atom is -0.473 e. The van der Waals surface area contributed by atoms with Crippen LogP contribution in [0.2, 0.25) is 0 Å². The van der Waals surface area contributed by atoms with Crippen molar-refractivity contribution in [1.82, 2.24) is 15.3 Å². The quantitative estimate of drug-likeness (QED) is 0.789. The minimum absolute atomic E-state index is 0.189. The number of aromatic nitrogens is 2. The van der Waals surface area contributed by atoms with Gasteiger partial charge in [0.25, 0.3) is 0 Å². The molecular weight excluding hydrogens is 326 g/mol. The fraction of sp³-hybridized carbons (Fsp3) is 0.762.